The molecule has 1 heterocycles. The fourth-order valence-corrected chi connectivity index (χ4v) is 3.65. The lowest BCUT2D eigenvalue weighted by molar-refractivity contribution is -0.385. The summed E-state index contributed by atoms with van der Waals surface area (Å²) < 4.78 is 10.1. The van der Waals surface area contributed by atoms with Gasteiger partial charge < -0.3 is 19.8 Å². The number of carbonyl (C=O) groups is 2. The molecule has 0 saturated heterocycles. The van der Waals surface area contributed by atoms with Crippen LogP contribution < -0.4 is 15.4 Å². The predicted molar refractivity (Wildman–Crippen MR) is 121 cm³/mol. The number of nitrogens with zero attached hydrogens (tertiary/aromatic N) is 1. The average molecular weight is 455 g/mol. The third-order valence-electron chi connectivity index (χ3n) is 4.36. The van der Waals surface area contributed by atoms with Crippen LogP contribution in [0.5, 0.6) is 5.75 Å². The highest BCUT2D eigenvalue weighted by Gasteiger charge is 2.15. The number of nitro groups is 1. The third-order valence-corrected chi connectivity index (χ3v) is 5.37. The van der Waals surface area contributed by atoms with Crippen molar-refractivity contribution in [3.8, 4) is 5.75 Å². The van der Waals surface area contributed by atoms with Crippen molar-refractivity contribution < 1.29 is 23.7 Å². The summed E-state index contributed by atoms with van der Waals surface area (Å²) in [4.78, 5) is 34.8. The zero-order valence-electron chi connectivity index (χ0n) is 17.2. The first-order valence-electron chi connectivity index (χ1n) is 9.56. The minimum absolute atomic E-state index is 0.103. The van der Waals surface area contributed by atoms with Crippen LogP contribution in [0, 0.1) is 10.1 Å². The Labute approximate surface area is 188 Å². The second-order valence-electron chi connectivity index (χ2n) is 6.66. The van der Waals surface area contributed by atoms with E-state index in [0.29, 0.717) is 18.0 Å². The number of methoxy groups -OCH3 is 1. The Morgan fingerprint density at radius 1 is 1.12 bits per heavy atom. The molecule has 2 N–H and O–H groups in total. The fourth-order valence-electron chi connectivity index (χ4n) is 2.84. The highest BCUT2D eigenvalue weighted by atomic mass is 32.2. The fraction of sp³-hybridized carbons (Fsp3) is 0.182. The molecule has 0 atom stereocenters. The van der Waals surface area contributed by atoms with Crippen LogP contribution in [0.25, 0.3) is 0 Å². The lowest BCUT2D eigenvalue weighted by Gasteiger charge is -2.08. The second-order valence-corrected chi connectivity index (χ2v) is 7.65. The number of rotatable bonds is 10. The molecule has 0 bridgehead atoms. The van der Waals surface area contributed by atoms with Gasteiger partial charge in [0, 0.05) is 24.1 Å². The van der Waals surface area contributed by atoms with Crippen molar-refractivity contribution >= 4 is 35.0 Å². The van der Waals surface area contributed by atoms with Crippen molar-refractivity contribution in [2.24, 2.45) is 0 Å². The van der Waals surface area contributed by atoms with Crippen LogP contribution >= 0.6 is 11.8 Å². The summed E-state index contributed by atoms with van der Waals surface area (Å²) >= 11 is 1.35. The standard InChI is InChI=1S/C22H21N3O6S/c1-30-19-8-7-16(11-18(19)25(28)29)13-32-14-21(26)23-12-15-4-2-5-17(10-15)24-22(27)20-6-3-9-31-20/h2-11H,12-14H2,1H3,(H,23,26)(H,24,27). The van der Waals surface area contributed by atoms with E-state index in [4.69, 9.17) is 9.15 Å². The van der Waals surface area contributed by atoms with E-state index in [1.807, 2.05) is 6.07 Å². The average Bonchev–Trinajstić information content (AvgIpc) is 3.33. The number of furan rings is 1. The molecule has 0 spiro atoms. The number of carbonyl (C=O) groups excluding carboxylic acids is 2. The molecule has 32 heavy (non-hydrogen) atoms. The minimum Gasteiger partial charge on any atom is -0.490 e. The molecule has 2 amide bonds. The molecule has 1 aromatic heterocycles. The number of amides is 2. The van der Waals surface area contributed by atoms with Crippen molar-refractivity contribution in [3.63, 3.8) is 0 Å². The van der Waals surface area contributed by atoms with Gasteiger partial charge in [-0.15, -0.1) is 11.8 Å². The highest BCUT2D eigenvalue weighted by molar-refractivity contribution is 7.99. The number of hydrogen-bond donors (Lipinski definition) is 2. The molecular formula is C22H21N3O6S. The Bertz CT molecular complexity index is 1100. The first kappa shape index (κ1) is 22.9. The van der Waals surface area contributed by atoms with Gasteiger partial charge in [0.15, 0.2) is 11.5 Å². The summed E-state index contributed by atoms with van der Waals surface area (Å²) in [5, 5.41) is 16.7. The van der Waals surface area contributed by atoms with E-state index in [1.54, 1.807) is 42.5 Å². The molecule has 0 aliphatic carbocycles. The van der Waals surface area contributed by atoms with Gasteiger partial charge in [0.25, 0.3) is 5.91 Å². The lowest BCUT2D eigenvalue weighted by Crippen LogP contribution is -2.24. The number of benzene rings is 2. The van der Waals surface area contributed by atoms with Gasteiger partial charge in [0.1, 0.15) is 0 Å². The van der Waals surface area contributed by atoms with Gasteiger partial charge in [-0.3, -0.25) is 19.7 Å². The van der Waals surface area contributed by atoms with E-state index >= 15 is 0 Å². The first-order valence-corrected chi connectivity index (χ1v) is 10.7. The number of ether oxygens (including phenoxy) is 1. The first-order chi connectivity index (χ1) is 15.5. The largest absolute Gasteiger partial charge is 0.490 e. The summed E-state index contributed by atoms with van der Waals surface area (Å²) in [6, 6.07) is 15.1. The zero-order chi connectivity index (χ0) is 22.9. The molecule has 166 valence electrons. The highest BCUT2D eigenvalue weighted by Crippen LogP contribution is 2.29. The molecule has 0 fully saturated rings. The molecule has 0 radical (unpaired) electrons. The van der Waals surface area contributed by atoms with E-state index in [1.165, 1.54) is 31.2 Å². The topological polar surface area (TPSA) is 124 Å². The number of thioether (sulfide) groups is 1. The number of nitro benzene ring substituents is 1. The molecule has 10 heteroatoms. The maximum Gasteiger partial charge on any atom is 0.311 e. The predicted octanol–water partition coefficient (Wildman–Crippen LogP) is 4.00. The van der Waals surface area contributed by atoms with Crippen molar-refractivity contribution in [1.29, 1.82) is 0 Å². The summed E-state index contributed by atoms with van der Waals surface area (Å²) in [6.45, 7) is 0.303. The molecule has 3 rings (SSSR count). The lowest BCUT2D eigenvalue weighted by atomic mass is 10.2. The van der Waals surface area contributed by atoms with Gasteiger partial charge in [0.2, 0.25) is 5.91 Å². The van der Waals surface area contributed by atoms with Gasteiger partial charge in [-0.2, -0.15) is 0 Å². The molecule has 2 aromatic carbocycles. The molecule has 0 saturated carbocycles. The van der Waals surface area contributed by atoms with Gasteiger partial charge in [-0.05, 0) is 41.5 Å². The summed E-state index contributed by atoms with van der Waals surface area (Å²) in [7, 11) is 1.38. The summed E-state index contributed by atoms with van der Waals surface area (Å²) in [5.41, 5.74) is 2.05. The molecule has 0 aliphatic heterocycles. The number of hydrogen-bond acceptors (Lipinski definition) is 7. The van der Waals surface area contributed by atoms with Crippen molar-refractivity contribution in [3.05, 3.63) is 87.9 Å². The Kier molecular flexibility index (Phi) is 7.87. The van der Waals surface area contributed by atoms with Crippen LogP contribution in [0.2, 0.25) is 0 Å². The van der Waals surface area contributed by atoms with Crippen LogP contribution in [0.3, 0.4) is 0 Å². The number of anilines is 1. The maximum absolute atomic E-state index is 12.2. The van der Waals surface area contributed by atoms with Crippen molar-refractivity contribution in [2.45, 2.75) is 12.3 Å². The van der Waals surface area contributed by atoms with Crippen molar-refractivity contribution in [2.75, 3.05) is 18.2 Å². The summed E-state index contributed by atoms with van der Waals surface area (Å²) in [5.74, 6) is 0.544. The van der Waals surface area contributed by atoms with Crippen LogP contribution in [0.15, 0.2) is 65.3 Å². The smallest absolute Gasteiger partial charge is 0.311 e. The maximum atomic E-state index is 12.2. The number of nitrogens with one attached hydrogen (secondary N) is 2. The van der Waals surface area contributed by atoms with Crippen LogP contribution in [0.1, 0.15) is 21.7 Å². The van der Waals surface area contributed by atoms with Crippen LogP contribution in [-0.4, -0.2) is 29.6 Å². The Morgan fingerprint density at radius 2 is 1.97 bits per heavy atom. The normalized spacial score (nSPS) is 10.4. The summed E-state index contributed by atoms with van der Waals surface area (Å²) in [6.07, 6.45) is 1.43. The van der Waals surface area contributed by atoms with E-state index in [-0.39, 0.29) is 34.8 Å². The van der Waals surface area contributed by atoms with Gasteiger partial charge >= 0.3 is 5.69 Å². The molecule has 9 nitrogen and oxygen atoms in total. The van der Waals surface area contributed by atoms with E-state index in [2.05, 4.69) is 10.6 Å². The Balaban J connectivity index is 1.46. The van der Waals surface area contributed by atoms with Crippen LogP contribution in [0.4, 0.5) is 11.4 Å². The molecule has 0 aliphatic rings. The molecular weight excluding hydrogens is 434 g/mol. The SMILES string of the molecule is COc1ccc(CSCC(=O)NCc2cccc(NC(=O)c3ccco3)c2)cc1[N+](=O)[O-]. The van der Waals surface area contributed by atoms with E-state index in [9.17, 15) is 19.7 Å². The monoisotopic (exact) mass is 455 g/mol. The van der Waals surface area contributed by atoms with E-state index < -0.39 is 4.92 Å². The molecule has 3 aromatic rings. The quantitative estimate of drug-likeness (QED) is 0.350. The Hall–Kier alpha value is -3.79. The van der Waals surface area contributed by atoms with Gasteiger partial charge in [0.05, 0.1) is 24.0 Å². The molecule has 0 unspecified atom stereocenters. The van der Waals surface area contributed by atoms with E-state index in [0.717, 1.165) is 11.1 Å². The van der Waals surface area contributed by atoms with Gasteiger partial charge in [-0.25, -0.2) is 0 Å². The Morgan fingerprint density at radius 3 is 2.69 bits per heavy atom. The second kappa shape index (κ2) is 11.0. The third kappa shape index (κ3) is 6.35. The van der Waals surface area contributed by atoms with Gasteiger partial charge in [-0.1, -0.05) is 18.2 Å². The van der Waals surface area contributed by atoms with Crippen molar-refractivity contribution in [1.82, 2.24) is 5.32 Å². The van der Waals surface area contributed by atoms with Crippen LogP contribution in [-0.2, 0) is 17.1 Å². The minimum atomic E-state index is -0.495. The zero-order valence-corrected chi connectivity index (χ0v) is 18.0.